The van der Waals surface area contributed by atoms with Crippen molar-refractivity contribution in [1.29, 1.82) is 0 Å². The Kier molecular flexibility index (Phi) is 5.13. The number of fused-ring (bicyclic) bond motifs is 1. The lowest BCUT2D eigenvalue weighted by Crippen LogP contribution is -2.31. The minimum atomic E-state index is -0.381. The average molecular weight is 422 g/mol. The monoisotopic (exact) mass is 421 g/mol. The summed E-state index contributed by atoms with van der Waals surface area (Å²) in [5.74, 6) is -0.370. The highest BCUT2D eigenvalue weighted by Gasteiger charge is 2.17. The number of halogens is 1. The predicted molar refractivity (Wildman–Crippen MR) is 117 cm³/mol. The Balaban J connectivity index is 1.71. The van der Waals surface area contributed by atoms with E-state index >= 15 is 0 Å². The van der Waals surface area contributed by atoms with Crippen molar-refractivity contribution in [3.05, 3.63) is 80.9 Å². The van der Waals surface area contributed by atoms with E-state index in [1.54, 1.807) is 29.9 Å². The standard InChI is InChI=1S/C22H20ClN5O2/c1-13-8-9-16(10-18(13)23)25-20(29)12-27-22(30)21-17(15(3)26-27)11-24-28(21)19-7-5-4-6-14(19)2/h4-11H,12H2,1-3H3,(H,25,29). The first-order valence-electron chi connectivity index (χ1n) is 9.42. The number of carbonyl (C=O) groups is 1. The van der Waals surface area contributed by atoms with E-state index in [0.29, 0.717) is 27.3 Å². The van der Waals surface area contributed by atoms with Gasteiger partial charge < -0.3 is 5.32 Å². The Morgan fingerprint density at radius 2 is 1.87 bits per heavy atom. The molecule has 0 spiro atoms. The molecule has 2 aromatic heterocycles. The normalized spacial score (nSPS) is 11.1. The summed E-state index contributed by atoms with van der Waals surface area (Å²) in [6.07, 6.45) is 1.63. The molecular formula is C22H20ClN5O2. The van der Waals surface area contributed by atoms with Crippen LogP contribution in [0, 0.1) is 20.8 Å². The Morgan fingerprint density at radius 3 is 2.60 bits per heavy atom. The Labute approximate surface area is 177 Å². The first-order chi connectivity index (χ1) is 14.3. The molecule has 7 nitrogen and oxygen atoms in total. The van der Waals surface area contributed by atoms with Gasteiger partial charge in [-0.25, -0.2) is 9.36 Å². The number of para-hydroxylation sites is 1. The van der Waals surface area contributed by atoms with Gasteiger partial charge in [-0.2, -0.15) is 10.2 Å². The van der Waals surface area contributed by atoms with E-state index in [1.807, 2.05) is 44.2 Å². The van der Waals surface area contributed by atoms with Gasteiger partial charge in [-0.3, -0.25) is 9.59 Å². The van der Waals surface area contributed by atoms with Crippen LogP contribution < -0.4 is 10.9 Å². The van der Waals surface area contributed by atoms with Crippen molar-refractivity contribution in [1.82, 2.24) is 19.6 Å². The van der Waals surface area contributed by atoms with E-state index in [2.05, 4.69) is 15.5 Å². The molecule has 8 heteroatoms. The number of anilines is 1. The van der Waals surface area contributed by atoms with E-state index in [-0.39, 0.29) is 18.0 Å². The SMILES string of the molecule is Cc1ccc(NC(=O)Cn2nc(C)c3cnn(-c4ccccc4C)c3c2=O)cc1Cl. The summed E-state index contributed by atoms with van der Waals surface area (Å²) in [4.78, 5) is 25.7. The van der Waals surface area contributed by atoms with Gasteiger partial charge in [0.2, 0.25) is 5.91 Å². The molecular weight excluding hydrogens is 402 g/mol. The smallest absolute Gasteiger partial charge is 0.293 e. The zero-order valence-electron chi connectivity index (χ0n) is 16.8. The molecule has 30 heavy (non-hydrogen) atoms. The van der Waals surface area contributed by atoms with Crippen LogP contribution in [-0.4, -0.2) is 25.5 Å². The Morgan fingerprint density at radius 1 is 1.10 bits per heavy atom. The van der Waals surface area contributed by atoms with Gasteiger partial charge in [0, 0.05) is 16.1 Å². The first-order valence-corrected chi connectivity index (χ1v) is 9.80. The number of hydrogen-bond donors (Lipinski definition) is 1. The van der Waals surface area contributed by atoms with Crippen molar-refractivity contribution in [3.8, 4) is 5.69 Å². The van der Waals surface area contributed by atoms with Crippen molar-refractivity contribution >= 4 is 34.1 Å². The molecule has 4 aromatic rings. The maximum atomic E-state index is 13.2. The zero-order chi connectivity index (χ0) is 21.4. The topological polar surface area (TPSA) is 81.8 Å². The Hall–Kier alpha value is -3.45. The fourth-order valence-corrected chi connectivity index (χ4v) is 3.50. The van der Waals surface area contributed by atoms with Crippen LogP contribution >= 0.6 is 11.6 Å². The first kappa shape index (κ1) is 19.8. The number of nitrogens with zero attached hydrogens (tertiary/aromatic N) is 4. The van der Waals surface area contributed by atoms with E-state index in [1.165, 1.54) is 4.68 Å². The summed E-state index contributed by atoms with van der Waals surface area (Å²) < 4.78 is 2.77. The number of benzene rings is 2. The van der Waals surface area contributed by atoms with Crippen LogP contribution in [0.1, 0.15) is 16.8 Å². The quantitative estimate of drug-likeness (QED) is 0.543. The summed E-state index contributed by atoms with van der Waals surface area (Å²) >= 11 is 6.12. The molecule has 0 saturated heterocycles. The average Bonchev–Trinajstić information content (AvgIpc) is 3.15. The van der Waals surface area contributed by atoms with E-state index in [0.717, 1.165) is 16.8 Å². The summed E-state index contributed by atoms with van der Waals surface area (Å²) in [7, 11) is 0. The van der Waals surface area contributed by atoms with Crippen molar-refractivity contribution in [2.24, 2.45) is 0 Å². The fourth-order valence-electron chi connectivity index (χ4n) is 3.32. The lowest BCUT2D eigenvalue weighted by molar-refractivity contribution is -0.117. The third-order valence-corrected chi connectivity index (χ3v) is 5.37. The minimum absolute atomic E-state index is 0.222. The third kappa shape index (κ3) is 3.59. The predicted octanol–water partition coefficient (Wildman–Crippen LogP) is 3.80. The van der Waals surface area contributed by atoms with Gasteiger partial charge in [-0.15, -0.1) is 0 Å². The molecule has 2 heterocycles. The number of aryl methyl sites for hydroxylation is 3. The van der Waals surface area contributed by atoms with Gasteiger partial charge in [0.25, 0.3) is 5.56 Å². The third-order valence-electron chi connectivity index (χ3n) is 4.96. The zero-order valence-corrected chi connectivity index (χ0v) is 17.6. The highest BCUT2D eigenvalue weighted by Crippen LogP contribution is 2.21. The van der Waals surface area contributed by atoms with Crippen molar-refractivity contribution in [3.63, 3.8) is 0 Å². The molecule has 0 bridgehead atoms. The van der Waals surface area contributed by atoms with Crippen LogP contribution in [0.4, 0.5) is 5.69 Å². The maximum absolute atomic E-state index is 13.2. The summed E-state index contributed by atoms with van der Waals surface area (Å²) in [6, 6.07) is 12.9. The van der Waals surface area contributed by atoms with Gasteiger partial charge in [0.15, 0.2) is 0 Å². The van der Waals surface area contributed by atoms with Gasteiger partial charge in [0.05, 0.1) is 17.6 Å². The second kappa shape index (κ2) is 7.76. The number of nitrogens with one attached hydrogen (secondary N) is 1. The highest BCUT2D eigenvalue weighted by atomic mass is 35.5. The highest BCUT2D eigenvalue weighted by molar-refractivity contribution is 6.31. The van der Waals surface area contributed by atoms with Crippen molar-refractivity contribution in [2.75, 3.05) is 5.32 Å². The largest absolute Gasteiger partial charge is 0.324 e. The molecule has 0 unspecified atom stereocenters. The lowest BCUT2D eigenvalue weighted by atomic mass is 10.2. The number of amides is 1. The van der Waals surface area contributed by atoms with Crippen LogP contribution in [0.25, 0.3) is 16.6 Å². The van der Waals surface area contributed by atoms with Crippen LogP contribution in [0.5, 0.6) is 0 Å². The Bertz CT molecular complexity index is 1340. The molecule has 0 radical (unpaired) electrons. The van der Waals surface area contributed by atoms with Crippen LogP contribution in [0.3, 0.4) is 0 Å². The van der Waals surface area contributed by atoms with Crippen molar-refractivity contribution in [2.45, 2.75) is 27.3 Å². The number of aromatic nitrogens is 4. The molecule has 0 aliphatic heterocycles. The molecule has 0 atom stereocenters. The minimum Gasteiger partial charge on any atom is -0.324 e. The lowest BCUT2D eigenvalue weighted by Gasteiger charge is -2.11. The molecule has 0 aliphatic carbocycles. The molecule has 152 valence electrons. The van der Waals surface area contributed by atoms with Crippen LogP contribution in [0.15, 0.2) is 53.5 Å². The number of rotatable bonds is 4. The van der Waals surface area contributed by atoms with Crippen LogP contribution in [-0.2, 0) is 11.3 Å². The molecule has 0 saturated carbocycles. The van der Waals surface area contributed by atoms with Crippen LogP contribution in [0.2, 0.25) is 5.02 Å². The number of carbonyl (C=O) groups excluding carboxylic acids is 1. The van der Waals surface area contributed by atoms with Gasteiger partial charge in [-0.1, -0.05) is 35.9 Å². The second-order valence-corrected chi connectivity index (χ2v) is 7.57. The van der Waals surface area contributed by atoms with Gasteiger partial charge >= 0.3 is 0 Å². The molecule has 4 rings (SSSR count). The molecule has 2 aromatic carbocycles. The fraction of sp³-hybridized carbons (Fsp3) is 0.182. The van der Waals surface area contributed by atoms with E-state index < -0.39 is 0 Å². The molecule has 0 aliphatic rings. The molecule has 1 amide bonds. The van der Waals surface area contributed by atoms with E-state index in [9.17, 15) is 9.59 Å². The number of hydrogen-bond acceptors (Lipinski definition) is 4. The summed E-state index contributed by atoms with van der Waals surface area (Å²) in [5.41, 5.74) is 3.90. The maximum Gasteiger partial charge on any atom is 0.293 e. The second-order valence-electron chi connectivity index (χ2n) is 7.17. The van der Waals surface area contributed by atoms with Gasteiger partial charge in [0.1, 0.15) is 12.1 Å². The summed E-state index contributed by atoms with van der Waals surface area (Å²) in [6.45, 7) is 5.41. The van der Waals surface area contributed by atoms with Gasteiger partial charge in [-0.05, 0) is 50.1 Å². The molecule has 1 N–H and O–H groups in total. The molecule has 0 fully saturated rings. The summed E-state index contributed by atoms with van der Waals surface area (Å²) in [5, 5.41) is 12.7. The van der Waals surface area contributed by atoms with E-state index in [4.69, 9.17) is 11.6 Å². The van der Waals surface area contributed by atoms with Crippen molar-refractivity contribution < 1.29 is 4.79 Å².